The van der Waals surface area contributed by atoms with Crippen molar-refractivity contribution in [3.8, 4) is 0 Å². The summed E-state index contributed by atoms with van der Waals surface area (Å²) in [5.41, 5.74) is 0. The summed E-state index contributed by atoms with van der Waals surface area (Å²) in [6.07, 6.45) is -2.91. The average molecular weight is 374 g/mol. The predicted molar refractivity (Wildman–Crippen MR) is 85.2 cm³/mol. The molecule has 3 heterocycles. The third-order valence-corrected chi connectivity index (χ3v) is 4.67. The minimum atomic E-state index is -4.48. The SMILES string of the molecule is Cn1nc(C2CCNCC2)nc1NC(=O)C1CC(=O)N(CC(F)(F)F)C1. The van der Waals surface area contributed by atoms with Crippen LogP contribution >= 0.6 is 0 Å². The molecule has 11 heteroatoms. The van der Waals surface area contributed by atoms with Crippen LogP contribution in [0.2, 0.25) is 0 Å². The highest BCUT2D eigenvalue weighted by Crippen LogP contribution is 2.26. The first-order valence-corrected chi connectivity index (χ1v) is 8.50. The Morgan fingerprint density at radius 2 is 2.04 bits per heavy atom. The second-order valence-corrected chi connectivity index (χ2v) is 6.72. The Labute approximate surface area is 148 Å². The molecule has 0 aliphatic carbocycles. The van der Waals surface area contributed by atoms with E-state index in [1.807, 2.05) is 0 Å². The number of carbonyl (C=O) groups is 2. The standard InChI is InChI=1S/C15H21F3N6O2/c1-23-14(20-12(22-23)9-2-4-19-5-3-9)21-13(26)10-6-11(25)24(7-10)8-15(16,17)18/h9-10,19H,2-8H2,1H3,(H,20,21,22,26). The Bertz CT molecular complexity index is 683. The number of amides is 2. The Hall–Kier alpha value is -2.17. The number of aromatic nitrogens is 3. The van der Waals surface area contributed by atoms with Crippen LogP contribution < -0.4 is 10.6 Å². The Morgan fingerprint density at radius 1 is 1.35 bits per heavy atom. The van der Waals surface area contributed by atoms with Crippen molar-refractivity contribution in [2.24, 2.45) is 13.0 Å². The van der Waals surface area contributed by atoms with Crippen LogP contribution in [0.1, 0.15) is 31.0 Å². The summed E-state index contributed by atoms with van der Waals surface area (Å²) < 4.78 is 38.8. The zero-order valence-electron chi connectivity index (χ0n) is 14.3. The molecular weight excluding hydrogens is 353 g/mol. The van der Waals surface area contributed by atoms with Crippen LogP contribution in [-0.2, 0) is 16.6 Å². The molecule has 2 amide bonds. The van der Waals surface area contributed by atoms with Crippen LogP contribution in [0.4, 0.5) is 19.1 Å². The number of carbonyl (C=O) groups excluding carboxylic acids is 2. The molecule has 2 aliphatic heterocycles. The van der Waals surface area contributed by atoms with E-state index in [1.165, 1.54) is 4.68 Å². The van der Waals surface area contributed by atoms with E-state index in [9.17, 15) is 22.8 Å². The third-order valence-electron chi connectivity index (χ3n) is 4.67. The van der Waals surface area contributed by atoms with Gasteiger partial charge in [-0.1, -0.05) is 0 Å². The zero-order valence-corrected chi connectivity index (χ0v) is 14.3. The highest BCUT2D eigenvalue weighted by molar-refractivity contribution is 5.96. The van der Waals surface area contributed by atoms with Gasteiger partial charge in [-0.05, 0) is 25.9 Å². The Morgan fingerprint density at radius 3 is 2.69 bits per heavy atom. The monoisotopic (exact) mass is 374 g/mol. The van der Waals surface area contributed by atoms with E-state index in [4.69, 9.17) is 0 Å². The Balaban J connectivity index is 1.61. The number of anilines is 1. The molecule has 2 N–H and O–H groups in total. The fourth-order valence-corrected chi connectivity index (χ4v) is 3.30. The van der Waals surface area contributed by atoms with Gasteiger partial charge in [-0.2, -0.15) is 23.3 Å². The lowest BCUT2D eigenvalue weighted by atomic mass is 9.98. The van der Waals surface area contributed by atoms with E-state index < -0.39 is 30.5 Å². The van der Waals surface area contributed by atoms with E-state index in [2.05, 4.69) is 20.7 Å². The molecule has 3 rings (SSSR count). The van der Waals surface area contributed by atoms with Crippen LogP contribution in [0.15, 0.2) is 0 Å². The molecule has 2 aliphatic rings. The normalized spacial score (nSPS) is 22.1. The number of likely N-dealkylation sites (tertiary alicyclic amines) is 1. The number of rotatable bonds is 4. The first kappa shape index (κ1) is 18.6. The maximum Gasteiger partial charge on any atom is 0.406 e. The molecule has 144 valence electrons. The molecule has 1 aromatic rings. The molecule has 2 fully saturated rings. The number of hydrogen-bond acceptors (Lipinski definition) is 5. The van der Waals surface area contributed by atoms with Gasteiger partial charge >= 0.3 is 6.18 Å². The minimum Gasteiger partial charge on any atom is -0.333 e. The number of nitrogens with one attached hydrogen (secondary N) is 2. The molecule has 1 aromatic heterocycles. The van der Waals surface area contributed by atoms with Crippen molar-refractivity contribution in [2.45, 2.75) is 31.4 Å². The maximum atomic E-state index is 12.5. The van der Waals surface area contributed by atoms with Crippen molar-refractivity contribution in [1.82, 2.24) is 25.0 Å². The van der Waals surface area contributed by atoms with Gasteiger partial charge in [0.05, 0.1) is 5.92 Å². The van der Waals surface area contributed by atoms with Gasteiger partial charge in [0.1, 0.15) is 6.54 Å². The number of alkyl halides is 3. The first-order valence-electron chi connectivity index (χ1n) is 8.50. The number of aryl methyl sites for hydroxylation is 1. The van der Waals surface area contributed by atoms with Crippen molar-refractivity contribution in [3.05, 3.63) is 5.82 Å². The van der Waals surface area contributed by atoms with E-state index in [-0.39, 0.29) is 24.8 Å². The lowest BCUT2D eigenvalue weighted by Crippen LogP contribution is -2.36. The van der Waals surface area contributed by atoms with Gasteiger partial charge < -0.3 is 10.2 Å². The summed E-state index contributed by atoms with van der Waals surface area (Å²) in [6.45, 7) is 0.177. The highest BCUT2D eigenvalue weighted by Gasteiger charge is 2.40. The van der Waals surface area contributed by atoms with E-state index >= 15 is 0 Å². The predicted octanol–water partition coefficient (Wildman–Crippen LogP) is 0.631. The van der Waals surface area contributed by atoms with Gasteiger partial charge in [-0.25, -0.2) is 4.68 Å². The average Bonchev–Trinajstić information content (AvgIpc) is 3.11. The molecule has 1 unspecified atom stereocenters. The van der Waals surface area contributed by atoms with Crippen molar-refractivity contribution in [3.63, 3.8) is 0 Å². The molecule has 8 nitrogen and oxygen atoms in total. The molecule has 1 atom stereocenters. The van der Waals surface area contributed by atoms with Gasteiger partial charge in [0.25, 0.3) is 0 Å². The largest absolute Gasteiger partial charge is 0.406 e. The van der Waals surface area contributed by atoms with Gasteiger partial charge in [0.15, 0.2) is 5.82 Å². The quantitative estimate of drug-likeness (QED) is 0.807. The number of piperidine rings is 1. The maximum absolute atomic E-state index is 12.5. The van der Waals surface area contributed by atoms with Crippen LogP contribution in [0.3, 0.4) is 0 Å². The van der Waals surface area contributed by atoms with E-state index in [1.54, 1.807) is 7.05 Å². The molecule has 0 spiro atoms. The molecule has 0 aromatic carbocycles. The van der Waals surface area contributed by atoms with Crippen molar-refractivity contribution in [1.29, 1.82) is 0 Å². The van der Waals surface area contributed by atoms with Crippen LogP contribution in [-0.4, -0.2) is 63.8 Å². The summed E-state index contributed by atoms with van der Waals surface area (Å²) in [5.74, 6) is -0.922. The molecule has 0 saturated carbocycles. The summed E-state index contributed by atoms with van der Waals surface area (Å²) in [4.78, 5) is 29.1. The van der Waals surface area contributed by atoms with Crippen LogP contribution in [0.5, 0.6) is 0 Å². The van der Waals surface area contributed by atoms with Crippen molar-refractivity contribution < 1.29 is 22.8 Å². The Kier molecular flexibility index (Phi) is 5.17. The zero-order chi connectivity index (χ0) is 18.9. The van der Waals surface area contributed by atoms with Crippen molar-refractivity contribution >= 4 is 17.8 Å². The molecule has 0 bridgehead atoms. The molecule has 0 radical (unpaired) electrons. The fraction of sp³-hybridized carbons (Fsp3) is 0.733. The topological polar surface area (TPSA) is 92.1 Å². The second kappa shape index (κ2) is 7.22. The van der Waals surface area contributed by atoms with Gasteiger partial charge in [-0.3, -0.25) is 14.9 Å². The van der Waals surface area contributed by atoms with E-state index in [0.29, 0.717) is 10.7 Å². The van der Waals surface area contributed by atoms with Crippen LogP contribution in [0.25, 0.3) is 0 Å². The number of hydrogen-bond donors (Lipinski definition) is 2. The lowest BCUT2D eigenvalue weighted by Gasteiger charge is -2.19. The summed E-state index contributed by atoms with van der Waals surface area (Å²) in [5, 5.41) is 10.2. The summed E-state index contributed by atoms with van der Waals surface area (Å²) in [7, 11) is 1.64. The summed E-state index contributed by atoms with van der Waals surface area (Å²) >= 11 is 0. The number of halogens is 3. The highest BCUT2D eigenvalue weighted by atomic mass is 19.4. The minimum absolute atomic E-state index is 0.212. The second-order valence-electron chi connectivity index (χ2n) is 6.72. The van der Waals surface area contributed by atoms with Gasteiger partial charge in [-0.15, -0.1) is 0 Å². The smallest absolute Gasteiger partial charge is 0.333 e. The molecular formula is C15H21F3N6O2. The lowest BCUT2D eigenvalue weighted by molar-refractivity contribution is -0.157. The van der Waals surface area contributed by atoms with Gasteiger partial charge in [0.2, 0.25) is 17.8 Å². The fourth-order valence-electron chi connectivity index (χ4n) is 3.30. The van der Waals surface area contributed by atoms with E-state index in [0.717, 1.165) is 25.9 Å². The molecule has 26 heavy (non-hydrogen) atoms. The van der Waals surface area contributed by atoms with Crippen molar-refractivity contribution in [2.75, 3.05) is 31.5 Å². The summed E-state index contributed by atoms with van der Waals surface area (Å²) in [6, 6.07) is 0. The van der Waals surface area contributed by atoms with Crippen LogP contribution in [0, 0.1) is 5.92 Å². The number of nitrogens with zero attached hydrogens (tertiary/aromatic N) is 4. The first-order chi connectivity index (χ1) is 12.2. The third kappa shape index (κ3) is 4.32. The molecule has 2 saturated heterocycles. The van der Waals surface area contributed by atoms with Gasteiger partial charge in [0, 0.05) is 25.9 Å².